The van der Waals surface area contributed by atoms with Gasteiger partial charge in [-0.2, -0.15) is 5.10 Å². The SMILES string of the molecule is CCN(CC1CCCC1)c1nc2c(cc1CNCc1ccc(F)c(F)c1)c(C)nn2C. The molecular formula is C24H31F2N5. The molecule has 0 unspecified atom stereocenters. The minimum Gasteiger partial charge on any atom is -0.356 e. The molecule has 0 spiro atoms. The van der Waals surface area contributed by atoms with Crippen molar-refractivity contribution in [3.8, 4) is 0 Å². The Hall–Kier alpha value is -2.54. The van der Waals surface area contributed by atoms with E-state index < -0.39 is 11.6 Å². The van der Waals surface area contributed by atoms with Crippen LogP contribution in [0.3, 0.4) is 0 Å². The molecule has 7 heteroatoms. The lowest BCUT2D eigenvalue weighted by Crippen LogP contribution is -2.31. The van der Waals surface area contributed by atoms with E-state index in [-0.39, 0.29) is 0 Å². The third-order valence-electron chi connectivity index (χ3n) is 6.32. The fraction of sp³-hybridized carbons (Fsp3) is 0.500. The number of nitrogens with zero attached hydrogens (tertiary/aromatic N) is 4. The maximum Gasteiger partial charge on any atom is 0.160 e. The second kappa shape index (κ2) is 9.30. The highest BCUT2D eigenvalue weighted by Gasteiger charge is 2.22. The molecule has 1 fully saturated rings. The third-order valence-corrected chi connectivity index (χ3v) is 6.32. The first-order valence-corrected chi connectivity index (χ1v) is 11.2. The number of hydrogen-bond donors (Lipinski definition) is 1. The summed E-state index contributed by atoms with van der Waals surface area (Å²) < 4.78 is 28.6. The first kappa shape index (κ1) is 21.7. The molecule has 1 aliphatic carbocycles. The first-order chi connectivity index (χ1) is 15.0. The van der Waals surface area contributed by atoms with Crippen LogP contribution < -0.4 is 10.2 Å². The maximum atomic E-state index is 13.5. The monoisotopic (exact) mass is 427 g/mol. The Kier molecular flexibility index (Phi) is 6.51. The first-order valence-electron chi connectivity index (χ1n) is 11.2. The summed E-state index contributed by atoms with van der Waals surface area (Å²) in [6, 6.07) is 6.20. The smallest absolute Gasteiger partial charge is 0.160 e. The summed E-state index contributed by atoms with van der Waals surface area (Å²) in [6.45, 7) is 7.12. The molecule has 1 saturated carbocycles. The molecule has 0 saturated heterocycles. The summed E-state index contributed by atoms with van der Waals surface area (Å²) >= 11 is 0. The van der Waals surface area contributed by atoms with E-state index in [1.807, 2.05) is 18.7 Å². The largest absolute Gasteiger partial charge is 0.356 e. The molecule has 0 amide bonds. The van der Waals surface area contributed by atoms with E-state index in [2.05, 4.69) is 28.3 Å². The number of anilines is 1. The lowest BCUT2D eigenvalue weighted by molar-refractivity contribution is 0.506. The van der Waals surface area contributed by atoms with Gasteiger partial charge < -0.3 is 10.2 Å². The second-order valence-electron chi connectivity index (χ2n) is 8.59. The fourth-order valence-electron chi connectivity index (χ4n) is 4.64. The third kappa shape index (κ3) is 4.71. The average Bonchev–Trinajstić information content (AvgIpc) is 3.36. The van der Waals surface area contributed by atoms with E-state index in [0.717, 1.165) is 41.2 Å². The van der Waals surface area contributed by atoms with Crippen molar-refractivity contribution in [3.63, 3.8) is 0 Å². The van der Waals surface area contributed by atoms with E-state index in [9.17, 15) is 8.78 Å². The topological polar surface area (TPSA) is 46.0 Å². The Labute approximate surface area is 182 Å². The molecule has 4 rings (SSSR count). The molecule has 0 aliphatic heterocycles. The van der Waals surface area contributed by atoms with Gasteiger partial charge in [-0.05, 0) is 56.4 Å². The van der Waals surface area contributed by atoms with Gasteiger partial charge in [-0.1, -0.05) is 18.9 Å². The molecule has 0 atom stereocenters. The molecule has 1 N–H and O–H groups in total. The fourth-order valence-corrected chi connectivity index (χ4v) is 4.64. The summed E-state index contributed by atoms with van der Waals surface area (Å²) in [5, 5.41) is 8.98. The van der Waals surface area contributed by atoms with Crippen LogP contribution in [0, 0.1) is 24.5 Å². The predicted octanol–water partition coefficient (Wildman–Crippen LogP) is 4.86. The zero-order valence-corrected chi connectivity index (χ0v) is 18.6. The van der Waals surface area contributed by atoms with Gasteiger partial charge in [0.25, 0.3) is 0 Å². The summed E-state index contributed by atoms with van der Waals surface area (Å²) in [5.41, 5.74) is 3.66. The average molecular weight is 428 g/mol. The molecule has 2 aromatic heterocycles. The van der Waals surface area contributed by atoms with Crippen molar-refractivity contribution < 1.29 is 8.78 Å². The summed E-state index contributed by atoms with van der Waals surface area (Å²) in [4.78, 5) is 7.42. The highest BCUT2D eigenvalue weighted by Crippen LogP contribution is 2.30. The molecular weight excluding hydrogens is 396 g/mol. The molecule has 166 valence electrons. The van der Waals surface area contributed by atoms with E-state index in [0.29, 0.717) is 24.6 Å². The number of pyridine rings is 1. The Balaban J connectivity index is 1.60. The zero-order valence-electron chi connectivity index (χ0n) is 18.6. The van der Waals surface area contributed by atoms with Crippen LogP contribution in [0.25, 0.3) is 11.0 Å². The van der Waals surface area contributed by atoms with Gasteiger partial charge in [0.1, 0.15) is 5.82 Å². The number of aromatic nitrogens is 3. The molecule has 2 heterocycles. The van der Waals surface area contributed by atoms with Crippen molar-refractivity contribution in [3.05, 3.63) is 52.7 Å². The van der Waals surface area contributed by atoms with Crippen LogP contribution >= 0.6 is 0 Å². The number of hydrogen-bond acceptors (Lipinski definition) is 4. The number of aryl methyl sites for hydroxylation is 2. The molecule has 1 aromatic carbocycles. The highest BCUT2D eigenvalue weighted by molar-refractivity contribution is 5.81. The van der Waals surface area contributed by atoms with Crippen LogP contribution in [0.2, 0.25) is 0 Å². The summed E-state index contributed by atoms with van der Waals surface area (Å²) in [6.07, 6.45) is 5.21. The number of rotatable bonds is 8. The molecule has 0 radical (unpaired) electrons. The van der Waals surface area contributed by atoms with E-state index in [1.54, 1.807) is 6.07 Å². The Bertz CT molecular complexity index is 1060. The standard InChI is InChI=1S/C24H31F2N5/c1-4-31(15-17-7-5-6-8-17)23-19(12-20-16(2)29-30(3)24(20)28-23)14-27-13-18-9-10-21(25)22(26)11-18/h9-12,17,27H,4-8,13-15H2,1-3H3. The van der Waals surface area contributed by atoms with Crippen LogP contribution in [-0.2, 0) is 20.1 Å². The number of fused-ring (bicyclic) bond motifs is 1. The van der Waals surface area contributed by atoms with Gasteiger partial charge in [0.15, 0.2) is 17.3 Å². The van der Waals surface area contributed by atoms with Gasteiger partial charge in [-0.3, -0.25) is 4.68 Å². The van der Waals surface area contributed by atoms with Gasteiger partial charge in [0.2, 0.25) is 0 Å². The van der Waals surface area contributed by atoms with E-state index in [1.165, 1.54) is 37.8 Å². The van der Waals surface area contributed by atoms with Crippen LogP contribution in [-0.4, -0.2) is 27.9 Å². The van der Waals surface area contributed by atoms with Gasteiger partial charge in [-0.15, -0.1) is 0 Å². The normalized spacial score (nSPS) is 14.6. The van der Waals surface area contributed by atoms with E-state index in [4.69, 9.17) is 4.98 Å². The van der Waals surface area contributed by atoms with Crippen LogP contribution in [0.5, 0.6) is 0 Å². The van der Waals surface area contributed by atoms with Crippen LogP contribution in [0.1, 0.15) is 49.4 Å². The number of halogens is 2. The van der Waals surface area contributed by atoms with Gasteiger partial charge in [0, 0.05) is 44.2 Å². The Morgan fingerprint density at radius 3 is 2.61 bits per heavy atom. The Morgan fingerprint density at radius 1 is 1.13 bits per heavy atom. The minimum absolute atomic E-state index is 0.454. The van der Waals surface area contributed by atoms with Crippen molar-refractivity contribution in [1.29, 1.82) is 0 Å². The Morgan fingerprint density at radius 2 is 1.90 bits per heavy atom. The quantitative estimate of drug-likeness (QED) is 0.558. The summed E-state index contributed by atoms with van der Waals surface area (Å²) in [5.74, 6) is 0.0671. The number of benzene rings is 1. The van der Waals surface area contributed by atoms with Gasteiger partial charge in [-0.25, -0.2) is 13.8 Å². The van der Waals surface area contributed by atoms with Crippen molar-refractivity contribution in [2.45, 2.75) is 52.6 Å². The van der Waals surface area contributed by atoms with E-state index >= 15 is 0 Å². The lowest BCUT2D eigenvalue weighted by atomic mass is 10.1. The summed E-state index contributed by atoms with van der Waals surface area (Å²) in [7, 11) is 1.93. The molecule has 5 nitrogen and oxygen atoms in total. The molecule has 0 bridgehead atoms. The van der Waals surface area contributed by atoms with Gasteiger partial charge in [0.05, 0.1) is 5.69 Å². The van der Waals surface area contributed by atoms with Crippen LogP contribution in [0.15, 0.2) is 24.3 Å². The second-order valence-corrected chi connectivity index (χ2v) is 8.59. The predicted molar refractivity (Wildman–Crippen MR) is 120 cm³/mol. The number of nitrogens with one attached hydrogen (secondary N) is 1. The van der Waals surface area contributed by atoms with Crippen molar-refractivity contribution in [2.24, 2.45) is 13.0 Å². The lowest BCUT2D eigenvalue weighted by Gasteiger charge is -2.27. The van der Waals surface area contributed by atoms with Crippen molar-refractivity contribution in [1.82, 2.24) is 20.1 Å². The minimum atomic E-state index is -0.821. The highest BCUT2D eigenvalue weighted by atomic mass is 19.2. The molecule has 31 heavy (non-hydrogen) atoms. The molecule has 3 aromatic rings. The maximum absolute atomic E-state index is 13.5. The molecule has 1 aliphatic rings. The van der Waals surface area contributed by atoms with Crippen LogP contribution in [0.4, 0.5) is 14.6 Å². The van der Waals surface area contributed by atoms with Crippen molar-refractivity contribution >= 4 is 16.9 Å². The van der Waals surface area contributed by atoms with Crippen molar-refractivity contribution in [2.75, 3.05) is 18.0 Å². The van der Waals surface area contributed by atoms with Gasteiger partial charge >= 0.3 is 0 Å². The zero-order chi connectivity index (χ0) is 22.0.